The van der Waals surface area contributed by atoms with Gasteiger partial charge in [-0.25, -0.2) is 0 Å². The van der Waals surface area contributed by atoms with Gasteiger partial charge in [0.15, 0.2) is 0 Å². The van der Waals surface area contributed by atoms with Gasteiger partial charge in [0.2, 0.25) is 0 Å². The Kier molecular flexibility index (Phi) is 3.10. The van der Waals surface area contributed by atoms with Crippen molar-refractivity contribution in [3.05, 3.63) is 28.8 Å². The number of benzene rings is 1. The van der Waals surface area contributed by atoms with Crippen LogP contribution in [0.25, 0.3) is 0 Å². The Morgan fingerprint density at radius 3 is 2.87 bits per heavy atom. The Bertz CT molecular complexity index is 396. The van der Waals surface area contributed by atoms with E-state index in [-0.39, 0.29) is 6.10 Å². The first-order chi connectivity index (χ1) is 7.29. The summed E-state index contributed by atoms with van der Waals surface area (Å²) in [6.07, 6.45) is 0.483. The van der Waals surface area contributed by atoms with Crippen LogP contribution in [0.5, 0.6) is 5.75 Å². The van der Waals surface area contributed by atoms with Crippen LogP contribution in [0.15, 0.2) is 18.2 Å². The largest absolute Gasteiger partial charge is 0.484 e. The van der Waals surface area contributed by atoms with E-state index in [4.69, 9.17) is 26.3 Å². The summed E-state index contributed by atoms with van der Waals surface area (Å²) in [6, 6.07) is 7.49. The van der Waals surface area contributed by atoms with Crippen LogP contribution >= 0.6 is 11.6 Å². The van der Waals surface area contributed by atoms with Crippen molar-refractivity contribution in [3.8, 4) is 11.8 Å². The fourth-order valence-electron chi connectivity index (χ4n) is 1.30. The molecule has 1 heterocycles. The fourth-order valence-corrected chi connectivity index (χ4v) is 1.55. The number of hydrogen-bond donors (Lipinski definition) is 0. The minimum Gasteiger partial charge on any atom is -0.484 e. The summed E-state index contributed by atoms with van der Waals surface area (Å²) in [5.41, 5.74) is 0.903. The van der Waals surface area contributed by atoms with E-state index in [1.807, 2.05) is 6.07 Å². The van der Waals surface area contributed by atoms with Crippen LogP contribution in [0, 0.1) is 11.3 Å². The first kappa shape index (κ1) is 10.3. The second kappa shape index (κ2) is 4.52. The number of rotatable bonds is 3. The average molecular weight is 224 g/mol. The van der Waals surface area contributed by atoms with Gasteiger partial charge < -0.3 is 9.47 Å². The normalized spacial score (nSPS) is 15.5. The van der Waals surface area contributed by atoms with Crippen molar-refractivity contribution < 1.29 is 9.47 Å². The molecule has 1 aliphatic heterocycles. The maximum Gasteiger partial charge on any atom is 0.145 e. The molecule has 1 aliphatic rings. The van der Waals surface area contributed by atoms with Crippen LogP contribution < -0.4 is 4.74 Å². The molecule has 0 spiro atoms. The lowest BCUT2D eigenvalue weighted by Crippen LogP contribution is -2.38. The Hall–Kier alpha value is -1.24. The third-order valence-corrected chi connectivity index (χ3v) is 2.48. The van der Waals surface area contributed by atoms with Crippen molar-refractivity contribution in [1.29, 1.82) is 5.26 Å². The lowest BCUT2D eigenvalue weighted by atomic mass is 10.1. The molecule has 0 aliphatic carbocycles. The molecule has 1 saturated heterocycles. The molecule has 15 heavy (non-hydrogen) atoms. The first-order valence-corrected chi connectivity index (χ1v) is 5.07. The molecule has 0 unspecified atom stereocenters. The molecule has 3 nitrogen and oxygen atoms in total. The number of hydrogen-bond acceptors (Lipinski definition) is 3. The zero-order chi connectivity index (χ0) is 10.7. The summed E-state index contributed by atoms with van der Waals surface area (Å²) in [4.78, 5) is 0. The average Bonchev–Trinajstić information content (AvgIpc) is 2.14. The monoisotopic (exact) mass is 223 g/mol. The smallest absolute Gasteiger partial charge is 0.145 e. The van der Waals surface area contributed by atoms with Crippen LogP contribution in [0.2, 0.25) is 5.02 Å². The van der Waals surface area contributed by atoms with Gasteiger partial charge in [-0.05, 0) is 17.7 Å². The summed E-state index contributed by atoms with van der Waals surface area (Å²) < 4.78 is 10.6. The number of ether oxygens (including phenoxy) is 2. The number of halogens is 1. The Labute approximate surface area is 93.2 Å². The predicted molar refractivity (Wildman–Crippen MR) is 56.0 cm³/mol. The highest BCUT2D eigenvalue weighted by molar-refractivity contribution is 6.32. The molecule has 2 rings (SSSR count). The highest BCUT2D eigenvalue weighted by Crippen LogP contribution is 2.27. The van der Waals surface area contributed by atoms with Gasteiger partial charge in [-0.1, -0.05) is 17.7 Å². The van der Waals surface area contributed by atoms with E-state index in [0.717, 1.165) is 5.56 Å². The zero-order valence-corrected chi connectivity index (χ0v) is 8.83. The van der Waals surface area contributed by atoms with E-state index in [1.54, 1.807) is 12.1 Å². The van der Waals surface area contributed by atoms with Crippen LogP contribution in [-0.2, 0) is 11.2 Å². The van der Waals surface area contributed by atoms with Crippen LogP contribution in [-0.4, -0.2) is 19.3 Å². The molecule has 1 fully saturated rings. The molecule has 78 valence electrons. The number of nitrogens with zero attached hydrogens (tertiary/aromatic N) is 1. The molecule has 0 N–H and O–H groups in total. The second-order valence-electron chi connectivity index (χ2n) is 3.38. The lowest BCUT2D eigenvalue weighted by Gasteiger charge is -2.27. The van der Waals surface area contributed by atoms with Gasteiger partial charge in [0, 0.05) is 0 Å². The Morgan fingerprint density at radius 1 is 1.53 bits per heavy atom. The van der Waals surface area contributed by atoms with Crippen molar-refractivity contribution >= 4 is 11.6 Å². The van der Waals surface area contributed by atoms with E-state index >= 15 is 0 Å². The van der Waals surface area contributed by atoms with E-state index in [1.165, 1.54) is 0 Å². The summed E-state index contributed by atoms with van der Waals surface area (Å²) in [5, 5.41) is 9.08. The summed E-state index contributed by atoms with van der Waals surface area (Å²) in [6.45, 7) is 1.24. The van der Waals surface area contributed by atoms with Gasteiger partial charge in [-0.15, -0.1) is 0 Å². The molecule has 0 bridgehead atoms. The molecule has 0 atom stereocenters. The van der Waals surface area contributed by atoms with E-state index in [2.05, 4.69) is 6.07 Å². The summed E-state index contributed by atoms with van der Waals surface area (Å²) in [7, 11) is 0. The highest BCUT2D eigenvalue weighted by Gasteiger charge is 2.20. The molecule has 1 aromatic rings. The minimum absolute atomic E-state index is 0.115. The van der Waals surface area contributed by atoms with Gasteiger partial charge in [0.25, 0.3) is 0 Å². The maximum atomic E-state index is 8.53. The predicted octanol–water partition coefficient (Wildman–Crippen LogP) is 2.18. The molecule has 0 radical (unpaired) electrons. The minimum atomic E-state index is 0.115. The molecular weight excluding hydrogens is 214 g/mol. The van der Waals surface area contributed by atoms with Gasteiger partial charge in [0.1, 0.15) is 11.9 Å². The third kappa shape index (κ3) is 2.41. The van der Waals surface area contributed by atoms with E-state index in [0.29, 0.717) is 30.4 Å². The highest BCUT2D eigenvalue weighted by atomic mass is 35.5. The zero-order valence-electron chi connectivity index (χ0n) is 8.07. The SMILES string of the molecule is N#CCc1ccc(OC2COC2)c(Cl)c1. The molecule has 4 heteroatoms. The molecule has 0 aromatic heterocycles. The fraction of sp³-hybridized carbons (Fsp3) is 0.364. The lowest BCUT2D eigenvalue weighted by molar-refractivity contribution is -0.0796. The summed E-state index contributed by atoms with van der Waals surface area (Å²) in [5.74, 6) is 0.659. The van der Waals surface area contributed by atoms with Crippen molar-refractivity contribution in [1.82, 2.24) is 0 Å². The van der Waals surface area contributed by atoms with Crippen molar-refractivity contribution in [2.45, 2.75) is 12.5 Å². The third-order valence-electron chi connectivity index (χ3n) is 2.18. The topological polar surface area (TPSA) is 42.2 Å². The summed E-state index contributed by atoms with van der Waals surface area (Å²) >= 11 is 6.02. The second-order valence-corrected chi connectivity index (χ2v) is 3.78. The standard InChI is InChI=1S/C11H10ClNO2/c12-10-5-8(3-4-13)1-2-11(10)15-9-6-14-7-9/h1-2,5,9H,3,6-7H2. The first-order valence-electron chi connectivity index (χ1n) is 4.69. The van der Waals surface area contributed by atoms with Crippen molar-refractivity contribution in [3.63, 3.8) is 0 Å². The quantitative estimate of drug-likeness (QED) is 0.789. The molecule has 0 amide bonds. The Balaban J connectivity index is 2.08. The van der Waals surface area contributed by atoms with Gasteiger partial charge in [-0.3, -0.25) is 0 Å². The molecule has 0 saturated carbocycles. The van der Waals surface area contributed by atoms with E-state index in [9.17, 15) is 0 Å². The molecule has 1 aromatic carbocycles. The Morgan fingerprint density at radius 2 is 2.33 bits per heavy atom. The maximum absolute atomic E-state index is 8.53. The van der Waals surface area contributed by atoms with Crippen molar-refractivity contribution in [2.24, 2.45) is 0 Å². The van der Waals surface area contributed by atoms with Crippen LogP contribution in [0.3, 0.4) is 0 Å². The van der Waals surface area contributed by atoms with Crippen LogP contribution in [0.1, 0.15) is 5.56 Å². The van der Waals surface area contributed by atoms with Gasteiger partial charge >= 0.3 is 0 Å². The molecular formula is C11H10ClNO2. The van der Waals surface area contributed by atoms with Gasteiger partial charge in [0.05, 0.1) is 30.7 Å². The van der Waals surface area contributed by atoms with Gasteiger partial charge in [-0.2, -0.15) is 5.26 Å². The van der Waals surface area contributed by atoms with Crippen LogP contribution in [0.4, 0.5) is 0 Å². The number of nitriles is 1. The van der Waals surface area contributed by atoms with E-state index < -0.39 is 0 Å². The van der Waals surface area contributed by atoms with Crippen molar-refractivity contribution in [2.75, 3.05) is 13.2 Å².